The lowest BCUT2D eigenvalue weighted by Crippen LogP contribution is -2.49. The predicted molar refractivity (Wildman–Crippen MR) is 139 cm³/mol. The van der Waals surface area contributed by atoms with Crippen molar-refractivity contribution >= 4 is 57.8 Å². The van der Waals surface area contributed by atoms with E-state index < -0.39 is 11.9 Å². The molecule has 0 bridgehead atoms. The molecule has 13 heteroatoms. The number of fused-ring (bicyclic) bond motifs is 1. The minimum atomic E-state index is -0.676. The van der Waals surface area contributed by atoms with E-state index in [2.05, 4.69) is 20.6 Å². The summed E-state index contributed by atoms with van der Waals surface area (Å²) in [5.74, 6) is -2.20. The number of hydrogen-bond acceptors (Lipinski definition) is 9. The van der Waals surface area contributed by atoms with Crippen LogP contribution in [0.15, 0.2) is 34.9 Å². The highest BCUT2D eigenvalue weighted by Crippen LogP contribution is 2.34. The number of anilines is 2. The van der Waals surface area contributed by atoms with Gasteiger partial charge in [-0.15, -0.1) is 0 Å². The molecule has 0 aromatic carbocycles. The Labute approximate surface area is 228 Å². The molecule has 1 saturated carbocycles. The van der Waals surface area contributed by atoms with Gasteiger partial charge in [-0.1, -0.05) is 11.6 Å². The van der Waals surface area contributed by atoms with Crippen molar-refractivity contribution in [1.29, 1.82) is 0 Å². The molecule has 2 N–H and O–H groups in total. The van der Waals surface area contributed by atoms with Crippen LogP contribution in [0.25, 0.3) is 11.1 Å². The van der Waals surface area contributed by atoms with Crippen LogP contribution >= 0.6 is 11.6 Å². The molecule has 0 atom stereocenters. The topological polar surface area (TPSA) is 153 Å². The zero-order chi connectivity index (χ0) is 27.5. The average molecular weight is 556 g/mol. The van der Waals surface area contributed by atoms with Gasteiger partial charge in [0.05, 0.1) is 25.6 Å². The minimum absolute atomic E-state index is 0.00848. The lowest BCUT2D eigenvalue weighted by atomic mass is 9.84. The molecule has 3 aromatic rings. The van der Waals surface area contributed by atoms with Gasteiger partial charge in [-0.3, -0.25) is 14.4 Å². The second-order valence-electron chi connectivity index (χ2n) is 9.30. The lowest BCUT2D eigenvalue weighted by Gasteiger charge is -2.38. The van der Waals surface area contributed by atoms with Gasteiger partial charge in [0.2, 0.25) is 17.6 Å². The van der Waals surface area contributed by atoms with E-state index in [0.29, 0.717) is 44.5 Å². The predicted octanol–water partition coefficient (Wildman–Crippen LogP) is 3.27. The van der Waals surface area contributed by atoms with Crippen molar-refractivity contribution in [1.82, 2.24) is 14.9 Å². The van der Waals surface area contributed by atoms with Crippen LogP contribution in [0.2, 0.25) is 5.15 Å². The number of amides is 3. The van der Waals surface area contributed by atoms with E-state index in [0.717, 1.165) is 0 Å². The molecule has 1 aliphatic heterocycles. The summed E-state index contributed by atoms with van der Waals surface area (Å²) in [6.45, 7) is 1.15. The fraction of sp³-hybridized carbons (Fsp3) is 0.385. The van der Waals surface area contributed by atoms with Gasteiger partial charge in [0.1, 0.15) is 28.7 Å². The maximum absolute atomic E-state index is 13.4. The van der Waals surface area contributed by atoms with Crippen LogP contribution in [-0.4, -0.2) is 71.5 Å². The summed E-state index contributed by atoms with van der Waals surface area (Å²) in [5, 5.41) is 5.74. The number of esters is 1. The summed E-state index contributed by atoms with van der Waals surface area (Å²) >= 11 is 5.83. The summed E-state index contributed by atoms with van der Waals surface area (Å²) in [6.07, 6.45) is 3.87. The molecule has 1 saturated heterocycles. The molecule has 0 radical (unpaired) electrons. The van der Waals surface area contributed by atoms with Crippen LogP contribution < -0.4 is 10.6 Å². The molecule has 12 nitrogen and oxygen atoms in total. The van der Waals surface area contributed by atoms with E-state index in [-0.39, 0.29) is 63.8 Å². The van der Waals surface area contributed by atoms with E-state index in [1.165, 1.54) is 31.5 Å². The first-order valence-electron chi connectivity index (χ1n) is 12.5. The third-order valence-corrected chi connectivity index (χ3v) is 7.12. The van der Waals surface area contributed by atoms with Gasteiger partial charge in [0.15, 0.2) is 5.58 Å². The SMILES string of the molecule is COC(=O)c1ccc2oc(C(=O)Nc3ccc(Cl)nc3)c(NC(=O)[C@H]3CC[C@H](N4CCOCC4=O)CC3)c2n1. The molecule has 4 heterocycles. The maximum atomic E-state index is 13.4. The Morgan fingerprint density at radius 3 is 2.59 bits per heavy atom. The number of morpholine rings is 1. The fourth-order valence-corrected chi connectivity index (χ4v) is 5.01. The third-order valence-electron chi connectivity index (χ3n) is 6.90. The number of carbonyl (C=O) groups excluding carboxylic acids is 4. The largest absolute Gasteiger partial charge is 0.464 e. The molecule has 3 aromatic heterocycles. The summed E-state index contributed by atoms with van der Waals surface area (Å²) in [5.41, 5.74) is 0.739. The Bertz CT molecular complexity index is 1420. The monoisotopic (exact) mass is 555 g/mol. The van der Waals surface area contributed by atoms with Gasteiger partial charge in [-0.2, -0.15) is 0 Å². The van der Waals surface area contributed by atoms with E-state index in [1.54, 1.807) is 6.07 Å². The molecule has 1 aliphatic carbocycles. The van der Waals surface area contributed by atoms with Crippen LogP contribution in [0.4, 0.5) is 11.4 Å². The molecule has 5 rings (SSSR count). The smallest absolute Gasteiger partial charge is 0.356 e. The Hall–Kier alpha value is -4.03. The number of carbonyl (C=O) groups is 4. The Kier molecular flexibility index (Phi) is 7.75. The highest BCUT2D eigenvalue weighted by Gasteiger charge is 2.34. The second kappa shape index (κ2) is 11.4. The standard InChI is InChI=1S/C26H26ClN5O7/c1-37-26(36)17-7-8-18-21(30-17)22(23(39-18)25(35)29-15-4-9-19(27)28-12-15)31-24(34)14-2-5-16(6-3-14)32-10-11-38-13-20(32)33/h4,7-9,12,14,16H,2-3,5-6,10-11,13H2,1H3,(H,29,35)(H,31,34)/t14-,16-. The first-order chi connectivity index (χ1) is 18.8. The van der Waals surface area contributed by atoms with Crippen LogP contribution in [0, 0.1) is 5.92 Å². The van der Waals surface area contributed by atoms with Gasteiger partial charge < -0.3 is 29.4 Å². The summed E-state index contributed by atoms with van der Waals surface area (Å²) in [4.78, 5) is 61.0. The van der Waals surface area contributed by atoms with Gasteiger partial charge in [-0.05, 0) is 49.9 Å². The highest BCUT2D eigenvalue weighted by atomic mass is 35.5. The van der Waals surface area contributed by atoms with Crippen molar-refractivity contribution in [2.24, 2.45) is 5.92 Å². The first kappa shape index (κ1) is 26.6. The lowest BCUT2D eigenvalue weighted by molar-refractivity contribution is -0.146. The Balaban J connectivity index is 1.38. The minimum Gasteiger partial charge on any atom is -0.464 e. The number of ether oxygens (including phenoxy) is 2. The molecule has 39 heavy (non-hydrogen) atoms. The van der Waals surface area contributed by atoms with E-state index in [4.69, 9.17) is 25.5 Å². The number of methoxy groups -OCH3 is 1. The third kappa shape index (κ3) is 5.71. The van der Waals surface area contributed by atoms with E-state index in [9.17, 15) is 19.2 Å². The number of pyridine rings is 2. The number of halogens is 1. The molecule has 3 amide bonds. The fourth-order valence-electron chi connectivity index (χ4n) is 4.90. The summed E-state index contributed by atoms with van der Waals surface area (Å²) in [7, 11) is 1.23. The van der Waals surface area contributed by atoms with E-state index in [1.807, 2.05) is 4.90 Å². The average Bonchev–Trinajstić information content (AvgIpc) is 3.31. The number of aromatic nitrogens is 2. The Morgan fingerprint density at radius 2 is 1.90 bits per heavy atom. The Morgan fingerprint density at radius 1 is 1.10 bits per heavy atom. The van der Waals surface area contributed by atoms with Crippen LogP contribution in [0.1, 0.15) is 46.7 Å². The van der Waals surface area contributed by atoms with Gasteiger partial charge >= 0.3 is 5.97 Å². The number of furan rings is 1. The molecule has 2 aliphatic rings. The van der Waals surface area contributed by atoms with E-state index >= 15 is 0 Å². The molecular formula is C26H26ClN5O7. The van der Waals surface area contributed by atoms with Gasteiger partial charge in [-0.25, -0.2) is 14.8 Å². The normalized spacial score (nSPS) is 19.5. The molecule has 204 valence electrons. The molecule has 2 fully saturated rings. The van der Waals surface area contributed by atoms with Crippen molar-refractivity contribution in [3.8, 4) is 0 Å². The number of nitrogens with zero attached hydrogens (tertiary/aromatic N) is 3. The van der Waals surface area contributed by atoms with Crippen molar-refractivity contribution in [3.63, 3.8) is 0 Å². The second-order valence-corrected chi connectivity index (χ2v) is 9.69. The first-order valence-corrected chi connectivity index (χ1v) is 12.8. The number of rotatable bonds is 6. The zero-order valence-corrected chi connectivity index (χ0v) is 21.8. The highest BCUT2D eigenvalue weighted by molar-refractivity contribution is 6.29. The number of nitrogens with one attached hydrogen (secondary N) is 2. The summed E-state index contributed by atoms with van der Waals surface area (Å²) < 4.78 is 15.8. The maximum Gasteiger partial charge on any atom is 0.356 e. The van der Waals surface area contributed by atoms with Gasteiger partial charge in [0, 0.05) is 18.5 Å². The van der Waals surface area contributed by atoms with Crippen LogP contribution in [0.3, 0.4) is 0 Å². The van der Waals surface area contributed by atoms with Gasteiger partial charge in [0.25, 0.3) is 5.91 Å². The quantitative estimate of drug-likeness (QED) is 0.344. The molecular weight excluding hydrogens is 530 g/mol. The molecule has 0 spiro atoms. The van der Waals surface area contributed by atoms with Crippen LogP contribution in [-0.2, 0) is 19.1 Å². The number of hydrogen-bond donors (Lipinski definition) is 2. The summed E-state index contributed by atoms with van der Waals surface area (Å²) in [6, 6.07) is 6.04. The van der Waals surface area contributed by atoms with Crippen molar-refractivity contribution < 1.29 is 33.1 Å². The van der Waals surface area contributed by atoms with Crippen molar-refractivity contribution in [2.45, 2.75) is 31.7 Å². The van der Waals surface area contributed by atoms with Crippen LogP contribution in [0.5, 0.6) is 0 Å². The van der Waals surface area contributed by atoms with Crippen molar-refractivity contribution in [3.05, 3.63) is 47.1 Å². The van der Waals surface area contributed by atoms with Crippen molar-refractivity contribution in [2.75, 3.05) is 37.5 Å². The zero-order valence-electron chi connectivity index (χ0n) is 21.1. The molecule has 0 unspecified atom stereocenters.